The van der Waals surface area contributed by atoms with Gasteiger partial charge in [-0.05, 0) is 48.2 Å². The summed E-state index contributed by atoms with van der Waals surface area (Å²) in [5, 5.41) is 14.9. The number of halogens is 2. The normalized spacial score (nSPS) is 15.5. The van der Waals surface area contributed by atoms with E-state index in [9.17, 15) is 13.6 Å². The van der Waals surface area contributed by atoms with E-state index in [1.54, 1.807) is 13.3 Å². The van der Waals surface area contributed by atoms with Gasteiger partial charge in [-0.2, -0.15) is 10.2 Å². The van der Waals surface area contributed by atoms with E-state index < -0.39 is 11.8 Å². The zero-order valence-electron chi connectivity index (χ0n) is 21.5. The first-order chi connectivity index (χ1) is 18.1. The highest BCUT2D eigenvalue weighted by molar-refractivity contribution is 7.80. The summed E-state index contributed by atoms with van der Waals surface area (Å²) < 4.78 is 28.2. The molecule has 1 aliphatic rings. The van der Waals surface area contributed by atoms with Gasteiger partial charge in [0.15, 0.2) is 10.9 Å². The molecule has 200 valence electrons. The maximum atomic E-state index is 13.4. The Hall–Kier alpha value is -3.73. The van der Waals surface area contributed by atoms with Gasteiger partial charge in [0.05, 0.1) is 6.21 Å². The molecule has 0 unspecified atom stereocenters. The van der Waals surface area contributed by atoms with Crippen LogP contribution in [0.15, 0.2) is 53.6 Å². The van der Waals surface area contributed by atoms with Gasteiger partial charge in [0.2, 0.25) is 11.7 Å². The van der Waals surface area contributed by atoms with Gasteiger partial charge in [-0.15, -0.1) is 0 Å². The third-order valence-corrected chi connectivity index (χ3v) is 6.59. The number of aryl methyl sites for hydroxylation is 1. The molecular weight excluding hydrogens is 508 g/mol. The van der Waals surface area contributed by atoms with E-state index >= 15 is 0 Å². The third kappa shape index (κ3) is 6.97. The van der Waals surface area contributed by atoms with Crippen molar-refractivity contribution in [2.24, 2.45) is 12.1 Å². The molecule has 11 heteroatoms. The summed E-state index contributed by atoms with van der Waals surface area (Å²) in [6.07, 6.45) is 1.69. The van der Waals surface area contributed by atoms with Gasteiger partial charge >= 0.3 is 0 Å². The fourth-order valence-electron chi connectivity index (χ4n) is 4.29. The molecule has 0 spiro atoms. The van der Waals surface area contributed by atoms with E-state index in [4.69, 9.17) is 12.2 Å². The highest BCUT2D eigenvalue weighted by Crippen LogP contribution is 2.33. The molecular formula is C27H31F2N7OS. The summed E-state index contributed by atoms with van der Waals surface area (Å²) in [7, 11) is 1.63. The smallest absolute Gasteiger partial charge is 0.289 e. The van der Waals surface area contributed by atoms with Crippen LogP contribution >= 0.6 is 12.2 Å². The van der Waals surface area contributed by atoms with Crippen molar-refractivity contribution in [2.75, 3.05) is 5.32 Å². The SMILES string of the molecule is CC(C)c1ccccc1NC(=S)N/N=C/c1ccc(-c2nc(C(=O)NC3CCC(F)(F)CC3)n(C)n2)cc1. The first-order valence-corrected chi connectivity index (χ1v) is 12.9. The number of amides is 1. The molecule has 8 nitrogen and oxygen atoms in total. The van der Waals surface area contributed by atoms with E-state index in [1.807, 2.05) is 42.5 Å². The fraction of sp³-hybridized carbons (Fsp3) is 0.370. The number of carbonyl (C=O) groups excluding carboxylic acids is 1. The van der Waals surface area contributed by atoms with Crippen LogP contribution in [0.3, 0.4) is 0 Å². The fourth-order valence-corrected chi connectivity index (χ4v) is 4.45. The minimum Gasteiger partial charge on any atom is -0.347 e. The van der Waals surface area contributed by atoms with Crippen LogP contribution in [0.2, 0.25) is 0 Å². The topological polar surface area (TPSA) is 96.2 Å². The van der Waals surface area contributed by atoms with E-state index in [-0.39, 0.29) is 37.5 Å². The van der Waals surface area contributed by atoms with Crippen LogP contribution < -0.4 is 16.1 Å². The van der Waals surface area contributed by atoms with Gasteiger partial charge < -0.3 is 10.6 Å². The number of thiocarbonyl (C=S) groups is 1. The summed E-state index contributed by atoms with van der Waals surface area (Å²) in [6, 6.07) is 15.1. The first-order valence-electron chi connectivity index (χ1n) is 12.5. The van der Waals surface area contributed by atoms with Crippen LogP contribution in [-0.2, 0) is 7.05 Å². The van der Waals surface area contributed by atoms with Gasteiger partial charge in [0.1, 0.15) is 0 Å². The van der Waals surface area contributed by atoms with Gasteiger partial charge in [0, 0.05) is 37.2 Å². The second-order valence-electron chi connectivity index (χ2n) is 9.67. The van der Waals surface area contributed by atoms with Crippen LogP contribution in [0.5, 0.6) is 0 Å². The van der Waals surface area contributed by atoms with Crippen LogP contribution in [-0.4, -0.2) is 44.0 Å². The van der Waals surface area contributed by atoms with Crippen molar-refractivity contribution in [2.45, 2.75) is 57.4 Å². The Morgan fingerprint density at radius 1 is 1.16 bits per heavy atom. The predicted molar refractivity (Wildman–Crippen MR) is 149 cm³/mol. The van der Waals surface area contributed by atoms with Crippen molar-refractivity contribution in [1.82, 2.24) is 25.5 Å². The summed E-state index contributed by atoms with van der Waals surface area (Å²) in [5.74, 6) is -2.18. The summed E-state index contributed by atoms with van der Waals surface area (Å²) in [6.45, 7) is 4.25. The second kappa shape index (κ2) is 11.8. The number of hydrogen-bond donors (Lipinski definition) is 3. The Bertz CT molecular complexity index is 1310. The van der Waals surface area contributed by atoms with Crippen LogP contribution in [0, 0.1) is 0 Å². The van der Waals surface area contributed by atoms with Crippen molar-refractivity contribution in [3.05, 3.63) is 65.5 Å². The Balaban J connectivity index is 1.33. The van der Waals surface area contributed by atoms with E-state index in [0.29, 0.717) is 16.9 Å². The average molecular weight is 540 g/mol. The Morgan fingerprint density at radius 2 is 1.84 bits per heavy atom. The lowest BCUT2D eigenvalue weighted by Crippen LogP contribution is -2.41. The monoisotopic (exact) mass is 539 g/mol. The highest BCUT2D eigenvalue weighted by Gasteiger charge is 2.35. The van der Waals surface area contributed by atoms with Crippen molar-refractivity contribution in [3.63, 3.8) is 0 Å². The number of hydrazone groups is 1. The molecule has 4 rings (SSSR count). The quantitative estimate of drug-likeness (QED) is 0.216. The molecule has 38 heavy (non-hydrogen) atoms. The molecule has 3 aromatic rings. The van der Waals surface area contributed by atoms with E-state index in [2.05, 4.69) is 51.2 Å². The number of hydrogen-bond acceptors (Lipinski definition) is 5. The second-order valence-corrected chi connectivity index (χ2v) is 10.1. The molecule has 0 radical (unpaired) electrons. The maximum absolute atomic E-state index is 13.4. The molecule has 1 aliphatic carbocycles. The number of para-hydroxylation sites is 1. The Labute approximate surface area is 225 Å². The molecule has 0 bridgehead atoms. The highest BCUT2D eigenvalue weighted by atomic mass is 32.1. The summed E-state index contributed by atoms with van der Waals surface area (Å²) >= 11 is 5.36. The lowest BCUT2D eigenvalue weighted by atomic mass is 9.92. The average Bonchev–Trinajstić information content (AvgIpc) is 3.27. The first kappa shape index (κ1) is 27.3. The van der Waals surface area contributed by atoms with Crippen LogP contribution in [0.25, 0.3) is 11.4 Å². The standard InChI is InChI=1S/C27H31F2N7OS/c1-17(2)21-6-4-5-7-22(21)32-26(38)34-30-16-18-8-10-19(11-9-18)23-33-24(36(3)35-23)25(37)31-20-12-14-27(28,29)15-13-20/h4-11,16-17,20H,12-15H2,1-3H3,(H,31,37)(H2,32,34,38)/b30-16+. The van der Waals surface area contributed by atoms with E-state index in [1.165, 1.54) is 10.2 Å². The van der Waals surface area contributed by atoms with Crippen molar-refractivity contribution in [3.8, 4) is 11.4 Å². The lowest BCUT2D eigenvalue weighted by molar-refractivity contribution is -0.0399. The number of alkyl halides is 2. The van der Waals surface area contributed by atoms with Gasteiger partial charge in [-0.1, -0.05) is 56.3 Å². The molecule has 0 atom stereocenters. The third-order valence-electron chi connectivity index (χ3n) is 6.40. The molecule has 1 fully saturated rings. The molecule has 0 saturated heterocycles. The molecule has 3 N–H and O–H groups in total. The summed E-state index contributed by atoms with van der Waals surface area (Å²) in [5.41, 5.74) is 6.49. The Morgan fingerprint density at radius 3 is 2.53 bits per heavy atom. The summed E-state index contributed by atoms with van der Waals surface area (Å²) in [4.78, 5) is 17.0. The number of benzene rings is 2. The zero-order chi connectivity index (χ0) is 27.3. The largest absolute Gasteiger partial charge is 0.347 e. The molecule has 1 amide bonds. The van der Waals surface area contributed by atoms with Crippen molar-refractivity contribution >= 4 is 35.1 Å². The number of nitrogens with zero attached hydrogens (tertiary/aromatic N) is 4. The number of carbonyl (C=O) groups is 1. The Kier molecular flexibility index (Phi) is 8.45. The molecule has 1 saturated carbocycles. The number of anilines is 1. The molecule has 1 aromatic heterocycles. The van der Waals surface area contributed by atoms with Gasteiger partial charge in [-0.3, -0.25) is 10.2 Å². The molecule has 0 aliphatic heterocycles. The van der Waals surface area contributed by atoms with Crippen LogP contribution in [0.1, 0.15) is 67.2 Å². The zero-order valence-corrected chi connectivity index (χ0v) is 22.4. The van der Waals surface area contributed by atoms with Crippen LogP contribution in [0.4, 0.5) is 14.5 Å². The minimum absolute atomic E-state index is 0.132. The lowest BCUT2D eigenvalue weighted by Gasteiger charge is -2.28. The van der Waals surface area contributed by atoms with Crippen molar-refractivity contribution < 1.29 is 13.6 Å². The number of nitrogens with one attached hydrogen (secondary N) is 3. The molecule has 2 aromatic carbocycles. The van der Waals surface area contributed by atoms with E-state index in [0.717, 1.165) is 16.8 Å². The van der Waals surface area contributed by atoms with Gasteiger partial charge in [-0.25, -0.2) is 18.4 Å². The maximum Gasteiger partial charge on any atom is 0.289 e. The molecule has 1 heterocycles. The predicted octanol–water partition coefficient (Wildman–Crippen LogP) is 5.23. The minimum atomic E-state index is -2.64. The number of rotatable bonds is 7. The number of aromatic nitrogens is 3. The van der Waals surface area contributed by atoms with Gasteiger partial charge in [0.25, 0.3) is 5.91 Å². The van der Waals surface area contributed by atoms with Crippen molar-refractivity contribution in [1.29, 1.82) is 0 Å².